The quantitative estimate of drug-likeness (QED) is 0.827. The highest BCUT2D eigenvalue weighted by atomic mass is 16.2. The standard InChI is InChI=1S/C23H27N5O/c29-21(20-11-5-6-13-24-20)28-14-12-23(16-28)22(26-18-8-2-3-9-18)27-19-10-4-1-7-17(19)15-25-23/h1,4-7,10-11,13,18,25H,2-3,8-9,12,14-16H2,(H,26,27)/t23-/m0/s1. The third-order valence-corrected chi connectivity index (χ3v) is 6.42. The maximum Gasteiger partial charge on any atom is 0.272 e. The number of fused-ring (bicyclic) bond motifs is 1. The van der Waals surface area contributed by atoms with Gasteiger partial charge in [0.1, 0.15) is 11.5 Å². The summed E-state index contributed by atoms with van der Waals surface area (Å²) < 4.78 is 0. The number of amidine groups is 1. The SMILES string of the molecule is O=C(c1ccccn1)N1CC[C@@]2(C1)NCc1ccccc1NC2=NC1CCCC1. The van der Waals surface area contributed by atoms with E-state index in [1.807, 2.05) is 17.0 Å². The number of pyridine rings is 1. The summed E-state index contributed by atoms with van der Waals surface area (Å²) in [5.41, 5.74) is 2.51. The summed E-state index contributed by atoms with van der Waals surface area (Å²) in [6.45, 7) is 2.07. The molecule has 1 spiro atoms. The van der Waals surface area contributed by atoms with Gasteiger partial charge in [0.15, 0.2) is 0 Å². The fourth-order valence-electron chi connectivity index (χ4n) is 4.74. The van der Waals surface area contributed by atoms with E-state index < -0.39 is 0 Å². The number of hydrogen-bond acceptors (Lipinski definition) is 4. The Morgan fingerprint density at radius 2 is 1.97 bits per heavy atom. The van der Waals surface area contributed by atoms with Crippen molar-refractivity contribution in [3.05, 3.63) is 59.9 Å². The van der Waals surface area contributed by atoms with E-state index in [0.29, 0.717) is 24.8 Å². The molecule has 1 aromatic heterocycles. The highest BCUT2D eigenvalue weighted by Gasteiger charge is 2.46. The maximum absolute atomic E-state index is 13.0. The molecule has 1 aromatic carbocycles. The number of amides is 1. The topological polar surface area (TPSA) is 69.6 Å². The number of hydrogen-bond donors (Lipinski definition) is 2. The smallest absolute Gasteiger partial charge is 0.272 e. The van der Waals surface area contributed by atoms with Gasteiger partial charge in [-0.05, 0) is 43.0 Å². The van der Waals surface area contributed by atoms with Crippen LogP contribution >= 0.6 is 0 Å². The molecule has 3 aliphatic rings. The van der Waals surface area contributed by atoms with Crippen molar-refractivity contribution >= 4 is 17.4 Å². The van der Waals surface area contributed by atoms with Crippen LogP contribution in [0.1, 0.15) is 48.2 Å². The maximum atomic E-state index is 13.0. The summed E-state index contributed by atoms with van der Waals surface area (Å²) in [4.78, 5) is 24.4. The lowest BCUT2D eigenvalue weighted by atomic mass is 9.96. The van der Waals surface area contributed by atoms with Gasteiger partial charge >= 0.3 is 0 Å². The number of likely N-dealkylation sites (tertiary alicyclic amines) is 1. The van der Waals surface area contributed by atoms with Crippen molar-refractivity contribution < 1.29 is 4.79 Å². The van der Waals surface area contributed by atoms with Crippen LogP contribution in [0.2, 0.25) is 0 Å². The number of para-hydroxylation sites is 1. The van der Waals surface area contributed by atoms with Crippen LogP contribution in [0.25, 0.3) is 0 Å². The van der Waals surface area contributed by atoms with Crippen molar-refractivity contribution in [1.82, 2.24) is 15.2 Å². The molecule has 2 fully saturated rings. The second kappa shape index (κ2) is 7.59. The Balaban J connectivity index is 1.46. The van der Waals surface area contributed by atoms with E-state index in [-0.39, 0.29) is 11.4 Å². The summed E-state index contributed by atoms with van der Waals surface area (Å²) in [6, 6.07) is 14.3. The van der Waals surface area contributed by atoms with E-state index in [9.17, 15) is 4.79 Å². The van der Waals surface area contributed by atoms with Crippen LogP contribution in [0, 0.1) is 0 Å². The fraction of sp³-hybridized carbons (Fsp3) is 0.435. The Morgan fingerprint density at radius 1 is 1.14 bits per heavy atom. The molecule has 6 nitrogen and oxygen atoms in total. The zero-order chi connectivity index (χ0) is 19.7. The number of anilines is 1. The van der Waals surface area contributed by atoms with Gasteiger partial charge < -0.3 is 10.2 Å². The molecular formula is C23H27N5O. The molecular weight excluding hydrogens is 362 g/mol. The van der Waals surface area contributed by atoms with Crippen LogP contribution in [-0.4, -0.2) is 46.3 Å². The van der Waals surface area contributed by atoms with E-state index in [0.717, 1.165) is 37.3 Å². The summed E-state index contributed by atoms with van der Waals surface area (Å²) >= 11 is 0. The lowest BCUT2D eigenvalue weighted by Crippen LogP contribution is -2.55. The Morgan fingerprint density at radius 3 is 2.79 bits per heavy atom. The minimum Gasteiger partial charge on any atom is -0.342 e. The molecule has 3 heterocycles. The molecule has 1 atom stereocenters. The van der Waals surface area contributed by atoms with Gasteiger partial charge in [0.05, 0.1) is 11.6 Å². The Labute approximate surface area is 171 Å². The molecule has 150 valence electrons. The number of aromatic nitrogens is 1. The second-order valence-corrected chi connectivity index (χ2v) is 8.33. The molecule has 1 aliphatic carbocycles. The van der Waals surface area contributed by atoms with Gasteiger partial charge in [0, 0.05) is 31.5 Å². The molecule has 2 aliphatic heterocycles. The predicted molar refractivity (Wildman–Crippen MR) is 114 cm³/mol. The molecule has 2 aromatic rings. The lowest BCUT2D eigenvalue weighted by molar-refractivity contribution is 0.0780. The molecule has 0 unspecified atom stereocenters. The number of benzene rings is 1. The summed E-state index contributed by atoms with van der Waals surface area (Å²) in [5.74, 6) is 0.983. The first kappa shape index (κ1) is 18.3. The fourth-order valence-corrected chi connectivity index (χ4v) is 4.74. The van der Waals surface area contributed by atoms with Crippen LogP contribution in [0.3, 0.4) is 0 Å². The van der Waals surface area contributed by atoms with E-state index in [2.05, 4.69) is 39.9 Å². The van der Waals surface area contributed by atoms with E-state index in [1.165, 1.54) is 18.4 Å². The van der Waals surface area contributed by atoms with Crippen molar-refractivity contribution in [2.75, 3.05) is 18.4 Å². The van der Waals surface area contributed by atoms with Gasteiger partial charge in [-0.3, -0.25) is 20.1 Å². The van der Waals surface area contributed by atoms with E-state index in [4.69, 9.17) is 4.99 Å². The molecule has 5 rings (SSSR count). The van der Waals surface area contributed by atoms with Gasteiger partial charge in [0.25, 0.3) is 5.91 Å². The van der Waals surface area contributed by atoms with Crippen molar-refractivity contribution in [1.29, 1.82) is 0 Å². The third kappa shape index (κ3) is 3.53. The second-order valence-electron chi connectivity index (χ2n) is 8.33. The lowest BCUT2D eigenvalue weighted by Gasteiger charge is -2.31. The molecule has 1 saturated carbocycles. The summed E-state index contributed by atoms with van der Waals surface area (Å²) in [7, 11) is 0. The molecule has 1 amide bonds. The van der Waals surface area contributed by atoms with Crippen molar-refractivity contribution in [2.24, 2.45) is 4.99 Å². The minimum absolute atomic E-state index is 0.00810. The number of carbonyl (C=O) groups is 1. The zero-order valence-electron chi connectivity index (χ0n) is 16.6. The van der Waals surface area contributed by atoms with Gasteiger partial charge in [0.2, 0.25) is 0 Å². The van der Waals surface area contributed by atoms with Gasteiger partial charge in [-0.25, -0.2) is 0 Å². The number of nitrogens with zero attached hydrogens (tertiary/aromatic N) is 3. The van der Waals surface area contributed by atoms with E-state index >= 15 is 0 Å². The Hall–Kier alpha value is -2.73. The van der Waals surface area contributed by atoms with Crippen LogP contribution in [0.5, 0.6) is 0 Å². The number of rotatable bonds is 2. The highest BCUT2D eigenvalue weighted by Crippen LogP contribution is 2.32. The average molecular weight is 390 g/mol. The van der Waals surface area contributed by atoms with E-state index in [1.54, 1.807) is 12.3 Å². The first-order valence-electron chi connectivity index (χ1n) is 10.6. The number of carbonyl (C=O) groups excluding carboxylic acids is 1. The van der Waals surface area contributed by atoms with Crippen molar-refractivity contribution in [3.63, 3.8) is 0 Å². The molecule has 29 heavy (non-hydrogen) atoms. The Kier molecular flexibility index (Phi) is 4.79. The molecule has 2 N–H and O–H groups in total. The van der Waals surface area contributed by atoms with Crippen molar-refractivity contribution in [3.8, 4) is 0 Å². The predicted octanol–water partition coefficient (Wildman–Crippen LogP) is 3.22. The monoisotopic (exact) mass is 389 g/mol. The zero-order valence-corrected chi connectivity index (χ0v) is 16.6. The molecule has 6 heteroatoms. The number of nitrogens with one attached hydrogen (secondary N) is 2. The van der Waals surface area contributed by atoms with Gasteiger partial charge in [-0.2, -0.15) is 0 Å². The molecule has 0 bridgehead atoms. The minimum atomic E-state index is -0.341. The normalized spacial score (nSPS) is 25.8. The largest absolute Gasteiger partial charge is 0.342 e. The van der Waals surface area contributed by atoms with Crippen LogP contribution in [-0.2, 0) is 6.54 Å². The summed E-state index contributed by atoms with van der Waals surface area (Å²) in [5, 5.41) is 7.42. The van der Waals surface area contributed by atoms with Crippen molar-refractivity contribution in [2.45, 2.75) is 50.2 Å². The third-order valence-electron chi connectivity index (χ3n) is 6.42. The van der Waals surface area contributed by atoms with Crippen LogP contribution < -0.4 is 10.6 Å². The summed E-state index contributed by atoms with van der Waals surface area (Å²) in [6.07, 6.45) is 7.33. The van der Waals surface area contributed by atoms with Crippen LogP contribution in [0.15, 0.2) is 53.7 Å². The van der Waals surface area contributed by atoms with Gasteiger partial charge in [-0.15, -0.1) is 0 Å². The number of aliphatic imine (C=N–C) groups is 1. The Bertz CT molecular complexity index is 922. The van der Waals surface area contributed by atoms with Crippen LogP contribution in [0.4, 0.5) is 5.69 Å². The molecule has 0 radical (unpaired) electrons. The first-order valence-corrected chi connectivity index (χ1v) is 10.6. The average Bonchev–Trinajstić information content (AvgIpc) is 3.40. The molecule has 1 saturated heterocycles. The first-order chi connectivity index (χ1) is 14.2. The highest BCUT2D eigenvalue weighted by molar-refractivity contribution is 6.05. The van der Waals surface area contributed by atoms with Gasteiger partial charge in [-0.1, -0.05) is 37.1 Å².